The number of hydrogen-bond donors (Lipinski definition) is 3. The molecule has 0 bridgehead atoms. The van der Waals surface area contributed by atoms with Crippen molar-refractivity contribution in [2.45, 2.75) is 11.1 Å². The fourth-order valence-electron chi connectivity index (χ4n) is 2.49. The summed E-state index contributed by atoms with van der Waals surface area (Å²) in [6, 6.07) is 5.64. The van der Waals surface area contributed by atoms with Crippen LogP contribution >= 0.6 is 11.6 Å². The van der Waals surface area contributed by atoms with Crippen LogP contribution in [0.2, 0.25) is 5.02 Å². The normalized spacial score (nSPS) is 11.6. The number of nitro benzene ring substituents is 1. The zero-order valence-corrected chi connectivity index (χ0v) is 18.7. The van der Waals surface area contributed by atoms with E-state index < -0.39 is 67.3 Å². The fraction of sp³-hybridized carbons (Fsp3) is 0.222. The molecule has 0 aliphatic rings. The number of amides is 1. The van der Waals surface area contributed by atoms with E-state index in [-0.39, 0.29) is 11.4 Å². The van der Waals surface area contributed by atoms with Gasteiger partial charge in [0.1, 0.15) is 12.2 Å². The number of anilines is 2. The van der Waals surface area contributed by atoms with Crippen LogP contribution in [0.5, 0.6) is 0 Å². The van der Waals surface area contributed by atoms with Gasteiger partial charge in [-0.2, -0.15) is 17.9 Å². The van der Waals surface area contributed by atoms with E-state index in [9.17, 15) is 41.3 Å². The van der Waals surface area contributed by atoms with Crippen molar-refractivity contribution in [3.63, 3.8) is 0 Å². The lowest BCUT2D eigenvalue weighted by Crippen LogP contribution is -2.32. The third-order valence-electron chi connectivity index (χ3n) is 4.07. The number of halogens is 4. The molecule has 3 N–H and O–H groups in total. The monoisotopic (exact) mass is 524 g/mol. The Morgan fingerprint density at radius 1 is 1.18 bits per heavy atom. The topological polar surface area (TPSA) is 157 Å². The van der Waals surface area contributed by atoms with Gasteiger partial charge in [-0.25, -0.2) is 8.42 Å². The van der Waals surface area contributed by atoms with E-state index in [2.05, 4.69) is 15.4 Å². The molecular formula is C18H16ClF3N4O7S. The SMILES string of the molecule is CNc1ccc(S(=O)(=O)NCC(=O)OCC(=O)Nc2ccc(Cl)c(C(F)(F)F)c2)cc1[N+](=O)[O-]. The number of nitro groups is 1. The molecule has 0 fully saturated rings. The highest BCUT2D eigenvalue weighted by atomic mass is 35.5. The predicted octanol–water partition coefficient (Wildman–Crippen LogP) is 2.77. The van der Waals surface area contributed by atoms with Crippen LogP contribution < -0.4 is 15.4 Å². The molecule has 1 amide bonds. The lowest BCUT2D eigenvalue weighted by molar-refractivity contribution is -0.384. The Labute approximate surface area is 195 Å². The van der Waals surface area contributed by atoms with Crippen LogP contribution in [0.15, 0.2) is 41.3 Å². The highest BCUT2D eigenvalue weighted by Crippen LogP contribution is 2.36. The first-order valence-electron chi connectivity index (χ1n) is 9.02. The molecule has 16 heteroatoms. The second-order valence-corrected chi connectivity index (χ2v) is 8.59. The number of ether oxygens (including phenoxy) is 1. The van der Waals surface area contributed by atoms with Crippen molar-refractivity contribution in [1.82, 2.24) is 4.72 Å². The van der Waals surface area contributed by atoms with Gasteiger partial charge in [-0.05, 0) is 30.3 Å². The second-order valence-electron chi connectivity index (χ2n) is 6.41. The van der Waals surface area contributed by atoms with Crippen molar-refractivity contribution in [2.75, 3.05) is 30.8 Å². The maximum Gasteiger partial charge on any atom is 0.417 e. The minimum atomic E-state index is -4.75. The van der Waals surface area contributed by atoms with Crippen molar-refractivity contribution < 1.29 is 40.8 Å². The molecule has 184 valence electrons. The van der Waals surface area contributed by atoms with Crippen LogP contribution in [0.25, 0.3) is 0 Å². The van der Waals surface area contributed by atoms with Crippen molar-refractivity contribution >= 4 is 50.6 Å². The van der Waals surface area contributed by atoms with E-state index in [1.807, 2.05) is 4.72 Å². The minimum absolute atomic E-state index is 0.0670. The van der Waals surface area contributed by atoms with Crippen molar-refractivity contribution in [2.24, 2.45) is 0 Å². The summed E-state index contributed by atoms with van der Waals surface area (Å²) in [6.07, 6.45) is -4.75. The van der Waals surface area contributed by atoms with Gasteiger partial charge in [-0.1, -0.05) is 11.6 Å². The third kappa shape index (κ3) is 7.03. The Morgan fingerprint density at radius 3 is 2.44 bits per heavy atom. The number of alkyl halides is 3. The number of carbonyl (C=O) groups excluding carboxylic acids is 2. The molecular weight excluding hydrogens is 509 g/mol. The molecule has 2 rings (SSSR count). The van der Waals surface area contributed by atoms with Crippen LogP contribution in [-0.2, 0) is 30.5 Å². The molecule has 11 nitrogen and oxygen atoms in total. The van der Waals surface area contributed by atoms with Gasteiger partial charge in [-0.15, -0.1) is 0 Å². The number of carbonyl (C=O) groups is 2. The average Bonchev–Trinajstić information content (AvgIpc) is 2.76. The van der Waals surface area contributed by atoms with Crippen LogP contribution in [-0.4, -0.2) is 45.4 Å². The molecule has 2 aromatic carbocycles. The summed E-state index contributed by atoms with van der Waals surface area (Å²) >= 11 is 5.48. The summed E-state index contributed by atoms with van der Waals surface area (Å²) in [6.45, 7) is -1.84. The average molecular weight is 525 g/mol. The number of benzene rings is 2. The van der Waals surface area contributed by atoms with E-state index in [1.54, 1.807) is 0 Å². The first kappa shape index (κ1) is 26.8. The van der Waals surface area contributed by atoms with E-state index in [0.717, 1.165) is 30.3 Å². The molecule has 0 aliphatic carbocycles. The first-order valence-corrected chi connectivity index (χ1v) is 10.9. The number of nitrogens with one attached hydrogen (secondary N) is 3. The van der Waals surface area contributed by atoms with Crippen molar-refractivity contribution in [3.05, 3.63) is 57.1 Å². The number of hydrogen-bond acceptors (Lipinski definition) is 8. The standard InChI is InChI=1S/C18H16ClF3N4O7S/c1-23-14-5-3-11(7-15(14)26(29)30)34(31,32)24-8-17(28)33-9-16(27)25-10-2-4-13(19)12(6-10)18(20,21)22/h2-7,23-24H,8-9H2,1H3,(H,25,27). The van der Waals surface area contributed by atoms with Gasteiger partial charge in [0, 0.05) is 18.8 Å². The summed E-state index contributed by atoms with van der Waals surface area (Å²) in [5.41, 5.74) is -1.88. The van der Waals surface area contributed by atoms with Gasteiger partial charge < -0.3 is 15.4 Å². The van der Waals surface area contributed by atoms with Crippen LogP contribution in [0.4, 0.5) is 30.2 Å². The highest BCUT2D eigenvalue weighted by molar-refractivity contribution is 7.89. The molecule has 0 saturated heterocycles. The highest BCUT2D eigenvalue weighted by Gasteiger charge is 2.33. The fourth-order valence-corrected chi connectivity index (χ4v) is 3.71. The Bertz CT molecular complexity index is 1220. The summed E-state index contributed by atoms with van der Waals surface area (Å²) < 4.78 is 69.6. The molecule has 0 spiro atoms. The van der Waals surface area contributed by atoms with Crippen molar-refractivity contribution in [3.8, 4) is 0 Å². The molecule has 0 heterocycles. The molecule has 0 aliphatic heterocycles. The molecule has 0 unspecified atom stereocenters. The zero-order valence-electron chi connectivity index (χ0n) is 17.1. The molecule has 0 radical (unpaired) electrons. The van der Waals surface area contributed by atoms with E-state index in [4.69, 9.17) is 11.6 Å². The van der Waals surface area contributed by atoms with Crippen LogP contribution in [0, 0.1) is 10.1 Å². The molecule has 0 aromatic heterocycles. The molecule has 34 heavy (non-hydrogen) atoms. The summed E-state index contributed by atoms with van der Waals surface area (Å²) in [5, 5.41) is 15.1. The Hall–Kier alpha value is -3.43. The van der Waals surface area contributed by atoms with Crippen LogP contribution in [0.1, 0.15) is 5.56 Å². The molecule has 0 saturated carbocycles. The predicted molar refractivity (Wildman–Crippen MR) is 114 cm³/mol. The maximum absolute atomic E-state index is 12.9. The third-order valence-corrected chi connectivity index (χ3v) is 5.80. The zero-order chi connectivity index (χ0) is 25.7. The number of esters is 1. The molecule has 0 atom stereocenters. The summed E-state index contributed by atoms with van der Waals surface area (Å²) in [5.74, 6) is -2.18. The number of rotatable bonds is 9. The Balaban J connectivity index is 1.94. The van der Waals surface area contributed by atoms with Gasteiger partial charge in [0.2, 0.25) is 10.0 Å². The lowest BCUT2D eigenvalue weighted by atomic mass is 10.2. The smallest absolute Gasteiger partial charge is 0.417 e. The minimum Gasteiger partial charge on any atom is -0.455 e. The second kappa shape index (κ2) is 10.7. The van der Waals surface area contributed by atoms with Gasteiger partial charge in [-0.3, -0.25) is 19.7 Å². The lowest BCUT2D eigenvalue weighted by Gasteiger charge is -2.12. The van der Waals surface area contributed by atoms with Gasteiger partial charge in [0.25, 0.3) is 11.6 Å². The molecule has 2 aromatic rings. The maximum atomic E-state index is 12.9. The van der Waals surface area contributed by atoms with E-state index in [0.29, 0.717) is 6.07 Å². The van der Waals surface area contributed by atoms with Gasteiger partial charge in [0.05, 0.1) is 20.4 Å². The van der Waals surface area contributed by atoms with Gasteiger partial charge in [0.15, 0.2) is 6.61 Å². The summed E-state index contributed by atoms with van der Waals surface area (Å²) in [7, 11) is -2.94. The van der Waals surface area contributed by atoms with E-state index >= 15 is 0 Å². The Morgan fingerprint density at radius 2 is 1.85 bits per heavy atom. The quantitative estimate of drug-likeness (QED) is 0.257. The summed E-state index contributed by atoms with van der Waals surface area (Å²) in [4.78, 5) is 33.4. The first-order chi connectivity index (χ1) is 15.7. The van der Waals surface area contributed by atoms with E-state index in [1.165, 1.54) is 7.05 Å². The van der Waals surface area contributed by atoms with Crippen molar-refractivity contribution in [1.29, 1.82) is 0 Å². The van der Waals surface area contributed by atoms with Crippen LogP contribution in [0.3, 0.4) is 0 Å². The van der Waals surface area contributed by atoms with Gasteiger partial charge >= 0.3 is 12.1 Å². The Kier molecular flexibility index (Phi) is 8.41. The largest absolute Gasteiger partial charge is 0.455 e. The number of nitrogens with zero attached hydrogens (tertiary/aromatic N) is 1. The number of sulfonamides is 1.